The summed E-state index contributed by atoms with van der Waals surface area (Å²) < 4.78 is 32.5. The van der Waals surface area contributed by atoms with E-state index in [2.05, 4.69) is 4.74 Å². The maximum atomic E-state index is 11.9. The van der Waals surface area contributed by atoms with Crippen LogP contribution < -0.4 is 0 Å². The molecule has 116 valence electrons. The fourth-order valence-corrected chi connectivity index (χ4v) is 2.60. The summed E-state index contributed by atoms with van der Waals surface area (Å²) in [5.74, 6) is -3.51. The number of hydrogen-bond donors (Lipinski definition) is 0. The topological polar surface area (TPSA) is 104 Å². The van der Waals surface area contributed by atoms with Gasteiger partial charge < -0.3 is 9.47 Å². The van der Waals surface area contributed by atoms with E-state index >= 15 is 0 Å². The molecule has 0 aromatic carbocycles. The van der Waals surface area contributed by atoms with Crippen LogP contribution in [0.3, 0.4) is 0 Å². The van der Waals surface area contributed by atoms with Crippen molar-refractivity contribution in [1.29, 1.82) is 0 Å². The number of Topliss-reactive ketones (excluding diaryl/α,β-unsaturated/α-hetero) is 1. The summed E-state index contributed by atoms with van der Waals surface area (Å²) in [6, 6.07) is 0. The van der Waals surface area contributed by atoms with E-state index in [1.807, 2.05) is 0 Å². The van der Waals surface area contributed by atoms with Gasteiger partial charge in [0.25, 0.3) is 0 Å². The van der Waals surface area contributed by atoms with Crippen LogP contribution in [0, 0.1) is 5.41 Å². The Labute approximate surface area is 118 Å². The van der Waals surface area contributed by atoms with E-state index in [4.69, 9.17) is 4.74 Å². The van der Waals surface area contributed by atoms with E-state index in [0.717, 1.165) is 7.11 Å². The maximum Gasteiger partial charge on any atom is 0.319 e. The lowest BCUT2D eigenvalue weighted by molar-refractivity contribution is -0.157. The minimum Gasteiger partial charge on any atom is -0.469 e. The molecule has 0 aromatic rings. The normalized spacial score (nSPS) is 11.8. The molecule has 0 N–H and O–H groups in total. The van der Waals surface area contributed by atoms with Gasteiger partial charge in [0.15, 0.2) is 15.6 Å². The molecule has 0 unspecified atom stereocenters. The van der Waals surface area contributed by atoms with Crippen LogP contribution in [0.15, 0.2) is 0 Å². The molecule has 0 saturated carbocycles. The highest BCUT2D eigenvalue weighted by Crippen LogP contribution is 2.20. The third-order valence-corrected chi connectivity index (χ3v) is 4.21. The fraction of sp³-hybridized carbons (Fsp3) is 0.750. The Hall–Kier alpha value is -1.44. The first-order valence-corrected chi connectivity index (χ1v) is 7.86. The van der Waals surface area contributed by atoms with Crippen LogP contribution >= 0.6 is 0 Å². The second kappa shape index (κ2) is 7.37. The summed E-state index contributed by atoms with van der Waals surface area (Å²) in [4.78, 5) is 34.4. The van der Waals surface area contributed by atoms with Crippen molar-refractivity contribution in [2.75, 3.05) is 25.2 Å². The molecule has 0 atom stereocenters. The molecule has 0 aliphatic carbocycles. The Morgan fingerprint density at radius 3 is 2.15 bits per heavy atom. The Kier molecular flexibility index (Phi) is 6.84. The lowest BCUT2D eigenvalue weighted by Crippen LogP contribution is -2.39. The number of rotatable bonds is 8. The molecule has 0 amide bonds. The van der Waals surface area contributed by atoms with Crippen molar-refractivity contribution in [3.05, 3.63) is 0 Å². The van der Waals surface area contributed by atoms with Gasteiger partial charge in [-0.15, -0.1) is 0 Å². The van der Waals surface area contributed by atoms with E-state index < -0.39 is 44.5 Å². The molecule has 8 heteroatoms. The molecular weight excluding hydrogens is 288 g/mol. The molecular formula is C12H20O7S. The number of sulfone groups is 1. The lowest BCUT2D eigenvalue weighted by atomic mass is 9.89. The molecule has 0 rings (SSSR count). The number of hydrogen-bond acceptors (Lipinski definition) is 7. The molecule has 0 heterocycles. The Balaban J connectivity index is 4.73. The first kappa shape index (κ1) is 18.6. The molecule has 0 saturated heterocycles. The Morgan fingerprint density at radius 2 is 1.70 bits per heavy atom. The maximum absolute atomic E-state index is 11.9. The van der Waals surface area contributed by atoms with Gasteiger partial charge in [0, 0.05) is 0 Å². The van der Waals surface area contributed by atoms with Crippen LogP contribution in [0.2, 0.25) is 0 Å². The predicted octanol–water partition coefficient (Wildman–Crippen LogP) is 0.123. The summed E-state index contributed by atoms with van der Waals surface area (Å²) in [7, 11) is -2.63. The number of methoxy groups -OCH3 is 1. The molecule has 0 aliphatic rings. The average molecular weight is 308 g/mol. The zero-order valence-corrected chi connectivity index (χ0v) is 12.9. The molecule has 0 radical (unpaired) electrons. The molecule has 7 nitrogen and oxygen atoms in total. The third-order valence-electron chi connectivity index (χ3n) is 2.68. The smallest absolute Gasteiger partial charge is 0.319 e. The van der Waals surface area contributed by atoms with E-state index in [9.17, 15) is 22.8 Å². The van der Waals surface area contributed by atoms with Crippen LogP contribution in [0.1, 0.15) is 27.2 Å². The summed E-state index contributed by atoms with van der Waals surface area (Å²) in [6.07, 6.45) is -0.327. The molecule has 0 spiro atoms. The summed E-state index contributed by atoms with van der Waals surface area (Å²) in [6.45, 7) is 4.31. The van der Waals surface area contributed by atoms with Gasteiger partial charge in [-0.1, -0.05) is 0 Å². The van der Waals surface area contributed by atoms with Gasteiger partial charge >= 0.3 is 11.9 Å². The van der Waals surface area contributed by atoms with E-state index in [1.54, 1.807) is 6.92 Å². The van der Waals surface area contributed by atoms with Crippen LogP contribution in [-0.2, 0) is 33.7 Å². The van der Waals surface area contributed by atoms with Crippen molar-refractivity contribution in [2.24, 2.45) is 5.41 Å². The Morgan fingerprint density at radius 1 is 1.15 bits per heavy atom. The van der Waals surface area contributed by atoms with Crippen LogP contribution in [0.4, 0.5) is 0 Å². The van der Waals surface area contributed by atoms with Crippen molar-refractivity contribution < 1.29 is 32.3 Å². The van der Waals surface area contributed by atoms with Crippen molar-refractivity contribution >= 4 is 27.6 Å². The Bertz CT molecular complexity index is 476. The zero-order chi connectivity index (χ0) is 16.0. The van der Waals surface area contributed by atoms with Crippen molar-refractivity contribution in [3.63, 3.8) is 0 Å². The summed E-state index contributed by atoms with van der Waals surface area (Å²) in [5.41, 5.74) is -1.53. The first-order valence-electron chi connectivity index (χ1n) is 6.04. The fourth-order valence-electron chi connectivity index (χ4n) is 1.22. The third kappa shape index (κ3) is 5.68. The van der Waals surface area contributed by atoms with Crippen molar-refractivity contribution in [2.45, 2.75) is 27.2 Å². The standard InChI is InChI=1S/C12H20O7S/c1-5-19-11(15)12(2,3)9(13)8-20(16,17)7-6-10(14)18-4/h5-8H2,1-4H3. The van der Waals surface area contributed by atoms with Crippen LogP contribution in [0.5, 0.6) is 0 Å². The molecule has 20 heavy (non-hydrogen) atoms. The van der Waals surface area contributed by atoms with Gasteiger partial charge in [-0.2, -0.15) is 0 Å². The SMILES string of the molecule is CCOC(=O)C(C)(C)C(=O)CS(=O)(=O)CCC(=O)OC. The monoisotopic (exact) mass is 308 g/mol. The van der Waals surface area contributed by atoms with E-state index in [1.165, 1.54) is 13.8 Å². The van der Waals surface area contributed by atoms with Gasteiger partial charge in [-0.05, 0) is 20.8 Å². The highest BCUT2D eigenvalue weighted by Gasteiger charge is 2.39. The van der Waals surface area contributed by atoms with Crippen molar-refractivity contribution in [3.8, 4) is 0 Å². The van der Waals surface area contributed by atoms with Gasteiger partial charge in [0.1, 0.15) is 11.2 Å². The van der Waals surface area contributed by atoms with E-state index in [0.29, 0.717) is 0 Å². The van der Waals surface area contributed by atoms with Gasteiger partial charge in [-0.3, -0.25) is 14.4 Å². The number of carbonyl (C=O) groups is 3. The minimum absolute atomic E-state index is 0.102. The highest BCUT2D eigenvalue weighted by molar-refractivity contribution is 7.92. The van der Waals surface area contributed by atoms with Crippen LogP contribution in [-0.4, -0.2) is 51.4 Å². The largest absolute Gasteiger partial charge is 0.469 e. The predicted molar refractivity (Wildman–Crippen MR) is 70.7 cm³/mol. The molecule has 0 fully saturated rings. The molecule has 0 aliphatic heterocycles. The lowest BCUT2D eigenvalue weighted by Gasteiger charge is -2.20. The van der Waals surface area contributed by atoms with Gasteiger partial charge in [-0.25, -0.2) is 8.42 Å². The number of ether oxygens (including phenoxy) is 2. The molecule has 0 aromatic heterocycles. The summed E-state index contributed by atoms with van der Waals surface area (Å²) in [5, 5.41) is 0. The number of carbonyl (C=O) groups excluding carboxylic acids is 3. The number of ketones is 1. The minimum atomic E-state index is -3.78. The van der Waals surface area contributed by atoms with Gasteiger partial charge in [0.05, 0.1) is 25.9 Å². The molecule has 0 bridgehead atoms. The average Bonchev–Trinajstić information content (AvgIpc) is 2.35. The number of esters is 2. The van der Waals surface area contributed by atoms with Crippen molar-refractivity contribution in [1.82, 2.24) is 0 Å². The first-order chi connectivity index (χ1) is 9.06. The quantitative estimate of drug-likeness (QED) is 0.463. The summed E-state index contributed by atoms with van der Waals surface area (Å²) >= 11 is 0. The second-order valence-corrected chi connectivity index (χ2v) is 6.87. The van der Waals surface area contributed by atoms with Gasteiger partial charge in [0.2, 0.25) is 0 Å². The second-order valence-electron chi connectivity index (χ2n) is 4.69. The highest BCUT2D eigenvalue weighted by atomic mass is 32.2. The van der Waals surface area contributed by atoms with E-state index in [-0.39, 0.29) is 13.0 Å². The zero-order valence-electron chi connectivity index (χ0n) is 12.1. The van der Waals surface area contributed by atoms with Crippen LogP contribution in [0.25, 0.3) is 0 Å².